The maximum atomic E-state index is 13.3. The van der Waals surface area contributed by atoms with E-state index in [2.05, 4.69) is 86.8 Å². The number of nitrogens with one attached hydrogen (secondary N) is 1. The lowest BCUT2D eigenvalue weighted by molar-refractivity contribution is -0.151. The Morgan fingerprint density at radius 1 is 0.448 bits per heavy atom. The van der Waals surface area contributed by atoms with Gasteiger partial charge < -0.3 is 20.3 Å². The van der Waals surface area contributed by atoms with E-state index in [-0.39, 0.29) is 24.9 Å². The Morgan fingerprint density at radius 2 is 0.821 bits per heavy atom. The largest absolute Gasteiger partial charge is 0.462 e. The number of aliphatic hydroxyl groups excluding tert-OH is 2. The molecule has 390 valence electrons. The summed E-state index contributed by atoms with van der Waals surface area (Å²) in [6.45, 7) is 6.38. The minimum Gasteiger partial charge on any atom is -0.462 e. The smallest absolute Gasteiger partial charge is 0.306 e. The number of carbonyl (C=O) groups is 2. The molecule has 0 aliphatic heterocycles. The highest BCUT2D eigenvalue weighted by atomic mass is 16.5. The predicted octanol–water partition coefficient (Wildman–Crippen LogP) is 18.0. The van der Waals surface area contributed by atoms with Gasteiger partial charge in [-0.05, 0) is 83.5 Å². The summed E-state index contributed by atoms with van der Waals surface area (Å²) in [5, 5.41) is 23.9. The van der Waals surface area contributed by atoms with Gasteiger partial charge in [0.2, 0.25) is 5.91 Å². The van der Waals surface area contributed by atoms with E-state index in [9.17, 15) is 19.8 Å². The van der Waals surface area contributed by atoms with Crippen LogP contribution >= 0.6 is 0 Å². The third-order valence-corrected chi connectivity index (χ3v) is 13.1. The van der Waals surface area contributed by atoms with E-state index in [0.29, 0.717) is 19.3 Å². The number of unbranched alkanes of at least 4 members (excludes halogenated alkanes) is 30. The average molecular weight is 939 g/mol. The van der Waals surface area contributed by atoms with Gasteiger partial charge in [0.15, 0.2) is 0 Å². The van der Waals surface area contributed by atoms with Crippen LogP contribution in [0.15, 0.2) is 60.8 Å². The molecule has 0 aromatic heterocycles. The van der Waals surface area contributed by atoms with Gasteiger partial charge in [0, 0.05) is 6.42 Å². The Morgan fingerprint density at radius 3 is 1.27 bits per heavy atom. The van der Waals surface area contributed by atoms with Gasteiger partial charge >= 0.3 is 5.97 Å². The standard InChI is InChI=1S/C61H111NO5/c1-4-7-10-13-16-19-22-25-28-29-30-31-33-36-39-42-45-48-51-54-61(66)67-57(52-49-46-43-40-37-34-27-24-21-18-15-12-9-6-3)55-60(65)62-58(56-63)59(64)53-50-47-44-41-38-35-32-26-23-20-17-14-11-8-5-2/h9,12,18,21,25,27-28,34,40,43,57-59,63-64H,4-8,10-11,13-17,19-20,22-24,26,29-33,35-39,41-42,44-56H2,1-3H3,(H,62,65)/b12-9+,21-18+,28-25+,34-27+,43-40+. The maximum absolute atomic E-state index is 13.3. The zero-order valence-electron chi connectivity index (χ0n) is 44.5. The number of amides is 1. The van der Waals surface area contributed by atoms with Crippen LogP contribution in [0.4, 0.5) is 0 Å². The summed E-state index contributed by atoms with van der Waals surface area (Å²) >= 11 is 0. The SMILES string of the molecule is CC/C=C/C/C=C/C/C=C/C/C=C/CCCC(CC(=O)NC(CO)C(O)CCCCCCCCCCCCCCCCC)OC(=O)CCCCCCCCCCC/C=C/CCCCCCCC. The summed E-state index contributed by atoms with van der Waals surface area (Å²) < 4.78 is 5.93. The monoisotopic (exact) mass is 938 g/mol. The van der Waals surface area contributed by atoms with Crippen LogP contribution in [0.25, 0.3) is 0 Å². The third kappa shape index (κ3) is 49.8. The van der Waals surface area contributed by atoms with Gasteiger partial charge in [-0.3, -0.25) is 9.59 Å². The van der Waals surface area contributed by atoms with Crippen LogP contribution in [0.3, 0.4) is 0 Å². The fourth-order valence-electron chi connectivity index (χ4n) is 8.72. The van der Waals surface area contributed by atoms with E-state index in [1.165, 1.54) is 167 Å². The summed E-state index contributed by atoms with van der Waals surface area (Å²) in [6.07, 6.45) is 68.7. The molecule has 3 N–H and O–H groups in total. The van der Waals surface area contributed by atoms with Gasteiger partial charge in [0.1, 0.15) is 6.10 Å². The van der Waals surface area contributed by atoms with Crippen molar-refractivity contribution in [1.82, 2.24) is 5.32 Å². The highest BCUT2D eigenvalue weighted by Crippen LogP contribution is 2.18. The van der Waals surface area contributed by atoms with Gasteiger partial charge in [0.25, 0.3) is 0 Å². The first kappa shape index (κ1) is 64.6. The Labute approximate surface area is 416 Å². The van der Waals surface area contributed by atoms with E-state index in [0.717, 1.165) is 77.0 Å². The molecule has 6 heteroatoms. The molecule has 67 heavy (non-hydrogen) atoms. The van der Waals surface area contributed by atoms with Crippen LogP contribution in [0.1, 0.15) is 290 Å². The van der Waals surface area contributed by atoms with Crippen molar-refractivity contribution >= 4 is 11.9 Å². The predicted molar refractivity (Wildman–Crippen MR) is 292 cm³/mol. The van der Waals surface area contributed by atoms with Gasteiger partial charge in [-0.15, -0.1) is 0 Å². The van der Waals surface area contributed by atoms with Crippen LogP contribution in [0, 0.1) is 0 Å². The van der Waals surface area contributed by atoms with Crippen LogP contribution in [-0.2, 0) is 14.3 Å². The quantitative estimate of drug-likeness (QED) is 0.0321. The van der Waals surface area contributed by atoms with Gasteiger partial charge in [0.05, 0.1) is 25.2 Å². The van der Waals surface area contributed by atoms with Crippen LogP contribution in [-0.4, -0.2) is 46.9 Å². The number of hydrogen-bond acceptors (Lipinski definition) is 5. The van der Waals surface area contributed by atoms with E-state index < -0.39 is 18.2 Å². The van der Waals surface area contributed by atoms with E-state index >= 15 is 0 Å². The van der Waals surface area contributed by atoms with Crippen LogP contribution < -0.4 is 5.32 Å². The summed E-state index contributed by atoms with van der Waals surface area (Å²) in [4.78, 5) is 26.3. The summed E-state index contributed by atoms with van der Waals surface area (Å²) in [5.74, 6) is -0.523. The molecule has 3 unspecified atom stereocenters. The lowest BCUT2D eigenvalue weighted by atomic mass is 10.0. The van der Waals surface area contributed by atoms with Crippen molar-refractivity contribution in [2.24, 2.45) is 0 Å². The second-order valence-corrected chi connectivity index (χ2v) is 19.7. The van der Waals surface area contributed by atoms with E-state index in [4.69, 9.17) is 4.74 Å². The molecule has 0 heterocycles. The van der Waals surface area contributed by atoms with Crippen molar-refractivity contribution in [3.05, 3.63) is 60.8 Å². The highest BCUT2D eigenvalue weighted by Gasteiger charge is 2.24. The molecule has 0 spiro atoms. The minimum atomic E-state index is -0.804. The van der Waals surface area contributed by atoms with E-state index in [1.54, 1.807) is 0 Å². The van der Waals surface area contributed by atoms with Gasteiger partial charge in [-0.2, -0.15) is 0 Å². The Hall–Kier alpha value is -2.44. The lowest BCUT2D eigenvalue weighted by Gasteiger charge is -2.24. The number of ether oxygens (including phenoxy) is 1. The van der Waals surface area contributed by atoms with Crippen molar-refractivity contribution in [1.29, 1.82) is 0 Å². The number of aliphatic hydroxyl groups is 2. The van der Waals surface area contributed by atoms with Crippen LogP contribution in [0.2, 0.25) is 0 Å². The molecular weight excluding hydrogens is 827 g/mol. The molecule has 0 aromatic carbocycles. The molecule has 0 rings (SSSR count). The van der Waals surface area contributed by atoms with Crippen molar-refractivity contribution < 1.29 is 24.5 Å². The number of allylic oxidation sites excluding steroid dienone is 10. The molecule has 0 saturated carbocycles. The summed E-state index contributed by atoms with van der Waals surface area (Å²) in [6, 6.07) is -0.721. The van der Waals surface area contributed by atoms with Crippen molar-refractivity contribution in [2.75, 3.05) is 6.61 Å². The second kappa shape index (κ2) is 54.5. The molecule has 0 radical (unpaired) electrons. The van der Waals surface area contributed by atoms with Gasteiger partial charge in [-0.1, -0.05) is 255 Å². The summed E-state index contributed by atoms with van der Waals surface area (Å²) in [7, 11) is 0. The zero-order valence-corrected chi connectivity index (χ0v) is 44.5. The normalized spacial score (nSPS) is 13.6. The lowest BCUT2D eigenvalue weighted by Crippen LogP contribution is -2.46. The maximum Gasteiger partial charge on any atom is 0.306 e. The Bertz CT molecular complexity index is 1190. The molecule has 0 aliphatic carbocycles. The molecule has 0 aromatic rings. The summed E-state index contributed by atoms with van der Waals surface area (Å²) in [5.41, 5.74) is 0. The van der Waals surface area contributed by atoms with Crippen molar-refractivity contribution in [3.8, 4) is 0 Å². The Balaban J connectivity index is 4.57. The first-order valence-corrected chi connectivity index (χ1v) is 29.0. The second-order valence-electron chi connectivity index (χ2n) is 19.7. The number of esters is 1. The fourth-order valence-corrected chi connectivity index (χ4v) is 8.72. The van der Waals surface area contributed by atoms with E-state index in [1.807, 2.05) is 0 Å². The first-order valence-electron chi connectivity index (χ1n) is 29.0. The Kier molecular flexibility index (Phi) is 52.5. The molecule has 0 fully saturated rings. The highest BCUT2D eigenvalue weighted by molar-refractivity contribution is 5.77. The molecule has 1 amide bonds. The molecular formula is C61H111NO5. The molecule has 0 aliphatic rings. The topological polar surface area (TPSA) is 95.9 Å². The fraction of sp³-hybridized carbons (Fsp3) is 0.803. The minimum absolute atomic E-state index is 0.0393. The number of carbonyl (C=O) groups excluding carboxylic acids is 2. The molecule has 0 bridgehead atoms. The van der Waals surface area contributed by atoms with Crippen molar-refractivity contribution in [3.63, 3.8) is 0 Å². The zero-order chi connectivity index (χ0) is 48.8. The number of rotatable bonds is 52. The van der Waals surface area contributed by atoms with Crippen molar-refractivity contribution in [2.45, 2.75) is 309 Å². The van der Waals surface area contributed by atoms with Crippen LogP contribution in [0.5, 0.6) is 0 Å². The molecule has 3 atom stereocenters. The first-order chi connectivity index (χ1) is 33.0. The molecule has 0 saturated heterocycles. The average Bonchev–Trinajstić information content (AvgIpc) is 3.32. The van der Waals surface area contributed by atoms with Gasteiger partial charge in [-0.25, -0.2) is 0 Å². The molecule has 6 nitrogen and oxygen atoms in total. The third-order valence-electron chi connectivity index (χ3n) is 13.1. The number of hydrogen-bond donors (Lipinski definition) is 3.